The summed E-state index contributed by atoms with van der Waals surface area (Å²) in [6, 6.07) is 4.20. The van der Waals surface area contributed by atoms with Crippen molar-refractivity contribution in [3.8, 4) is 0 Å². The summed E-state index contributed by atoms with van der Waals surface area (Å²) in [6.07, 6.45) is 4.95. The second-order valence-electron chi connectivity index (χ2n) is 6.32. The average Bonchev–Trinajstić information content (AvgIpc) is 2.95. The number of aliphatic hydroxyl groups is 1. The van der Waals surface area contributed by atoms with Crippen molar-refractivity contribution in [1.82, 2.24) is 14.8 Å². The molecule has 0 bridgehead atoms. The van der Waals surface area contributed by atoms with E-state index in [1.54, 1.807) is 0 Å². The number of guanidine groups is 1. The summed E-state index contributed by atoms with van der Waals surface area (Å²) in [5.41, 5.74) is 1.35. The molecular formula is C18H34N4O. The van der Waals surface area contributed by atoms with Crippen molar-refractivity contribution in [2.75, 3.05) is 26.7 Å². The van der Waals surface area contributed by atoms with Crippen LogP contribution in [0, 0.1) is 5.41 Å². The van der Waals surface area contributed by atoms with E-state index in [0.29, 0.717) is 0 Å². The Labute approximate surface area is 141 Å². The zero-order valence-electron chi connectivity index (χ0n) is 15.5. The number of hydrogen-bond donors (Lipinski definition) is 2. The SMILES string of the molecule is CCNC(=NCC(CC)(CC)CCO)N(C)Cc1cccn1C. The maximum Gasteiger partial charge on any atom is 0.194 e. The van der Waals surface area contributed by atoms with Gasteiger partial charge in [0.15, 0.2) is 5.96 Å². The van der Waals surface area contributed by atoms with Crippen LogP contribution in [0.5, 0.6) is 0 Å². The number of aliphatic hydroxyl groups excluding tert-OH is 1. The first-order chi connectivity index (χ1) is 11.0. The lowest BCUT2D eigenvalue weighted by Crippen LogP contribution is -2.40. The van der Waals surface area contributed by atoms with E-state index in [0.717, 1.165) is 44.9 Å². The Bertz CT molecular complexity index is 477. The van der Waals surface area contributed by atoms with Crippen LogP contribution in [-0.2, 0) is 13.6 Å². The highest BCUT2D eigenvalue weighted by Crippen LogP contribution is 2.30. The summed E-state index contributed by atoms with van der Waals surface area (Å²) in [4.78, 5) is 7.03. The largest absolute Gasteiger partial charge is 0.396 e. The van der Waals surface area contributed by atoms with Crippen molar-refractivity contribution in [2.45, 2.75) is 46.6 Å². The number of nitrogens with one attached hydrogen (secondary N) is 1. The Kier molecular flexibility index (Phi) is 8.17. The highest BCUT2D eigenvalue weighted by molar-refractivity contribution is 5.79. The van der Waals surface area contributed by atoms with Gasteiger partial charge < -0.3 is 19.9 Å². The zero-order valence-corrected chi connectivity index (χ0v) is 15.5. The molecule has 0 aliphatic heterocycles. The molecule has 0 aliphatic carbocycles. The number of aryl methyl sites for hydroxylation is 1. The van der Waals surface area contributed by atoms with Gasteiger partial charge in [-0.15, -0.1) is 0 Å². The van der Waals surface area contributed by atoms with Crippen LogP contribution in [0.1, 0.15) is 45.7 Å². The van der Waals surface area contributed by atoms with E-state index in [1.807, 2.05) is 0 Å². The molecule has 1 rings (SSSR count). The lowest BCUT2D eigenvalue weighted by molar-refractivity contribution is 0.175. The Morgan fingerprint density at radius 2 is 2.04 bits per heavy atom. The van der Waals surface area contributed by atoms with Gasteiger partial charge in [0.2, 0.25) is 0 Å². The molecule has 5 heteroatoms. The Morgan fingerprint density at radius 1 is 1.35 bits per heavy atom. The first-order valence-electron chi connectivity index (χ1n) is 8.72. The average molecular weight is 322 g/mol. The first-order valence-corrected chi connectivity index (χ1v) is 8.72. The van der Waals surface area contributed by atoms with Gasteiger partial charge in [0.05, 0.1) is 6.54 Å². The summed E-state index contributed by atoms with van der Waals surface area (Å²) in [5, 5.41) is 12.7. The number of aliphatic imine (C=N–C) groups is 1. The van der Waals surface area contributed by atoms with Crippen LogP contribution in [0.2, 0.25) is 0 Å². The van der Waals surface area contributed by atoms with Crippen LogP contribution in [0.25, 0.3) is 0 Å². The Hall–Kier alpha value is -1.49. The summed E-state index contributed by atoms with van der Waals surface area (Å²) in [5.74, 6) is 0.929. The minimum atomic E-state index is 0.0984. The summed E-state index contributed by atoms with van der Waals surface area (Å²) in [6.45, 7) is 9.12. The molecule has 1 aromatic rings. The molecule has 0 saturated carbocycles. The van der Waals surface area contributed by atoms with Crippen LogP contribution in [0.4, 0.5) is 0 Å². The highest BCUT2D eigenvalue weighted by Gasteiger charge is 2.25. The van der Waals surface area contributed by atoms with E-state index >= 15 is 0 Å². The maximum absolute atomic E-state index is 9.37. The number of rotatable bonds is 9. The molecule has 0 amide bonds. The van der Waals surface area contributed by atoms with Gasteiger partial charge in [0, 0.05) is 45.7 Å². The fraction of sp³-hybridized carbons (Fsp3) is 0.722. The Balaban J connectivity index is 2.84. The number of aromatic nitrogens is 1. The van der Waals surface area contributed by atoms with E-state index in [9.17, 15) is 5.11 Å². The van der Waals surface area contributed by atoms with Gasteiger partial charge >= 0.3 is 0 Å². The molecule has 0 spiro atoms. The molecule has 0 atom stereocenters. The molecule has 23 heavy (non-hydrogen) atoms. The quantitative estimate of drug-likeness (QED) is 0.543. The molecule has 1 heterocycles. The van der Waals surface area contributed by atoms with Crippen LogP contribution in [-0.4, -0.2) is 47.3 Å². The highest BCUT2D eigenvalue weighted by atomic mass is 16.3. The standard InChI is InChI=1S/C18H34N4O/c1-6-18(7-2,11-13-23)15-20-17(19-8-3)22(5)14-16-10-9-12-21(16)4/h9-10,12,23H,6-8,11,13-15H2,1-5H3,(H,19,20). The van der Waals surface area contributed by atoms with Crippen molar-refractivity contribution in [1.29, 1.82) is 0 Å². The van der Waals surface area contributed by atoms with E-state index in [1.165, 1.54) is 5.69 Å². The van der Waals surface area contributed by atoms with Crippen LogP contribution < -0.4 is 5.32 Å². The predicted octanol–water partition coefficient (Wildman–Crippen LogP) is 2.61. The van der Waals surface area contributed by atoms with Gasteiger partial charge in [-0.2, -0.15) is 0 Å². The third-order valence-corrected chi connectivity index (χ3v) is 4.85. The van der Waals surface area contributed by atoms with Gasteiger partial charge in [-0.1, -0.05) is 13.8 Å². The molecule has 0 aliphatic rings. The predicted molar refractivity (Wildman–Crippen MR) is 97.6 cm³/mol. The second kappa shape index (κ2) is 9.60. The zero-order chi connectivity index (χ0) is 17.3. The molecule has 132 valence electrons. The lowest BCUT2D eigenvalue weighted by Gasteiger charge is -2.30. The summed E-state index contributed by atoms with van der Waals surface area (Å²) >= 11 is 0. The van der Waals surface area contributed by atoms with Gasteiger partial charge in [-0.3, -0.25) is 4.99 Å². The van der Waals surface area contributed by atoms with E-state index in [-0.39, 0.29) is 12.0 Å². The smallest absolute Gasteiger partial charge is 0.194 e. The third-order valence-electron chi connectivity index (χ3n) is 4.85. The minimum absolute atomic E-state index is 0.0984. The second-order valence-corrected chi connectivity index (χ2v) is 6.32. The molecule has 0 fully saturated rings. The first kappa shape index (κ1) is 19.6. The van der Waals surface area contributed by atoms with E-state index < -0.39 is 0 Å². The number of hydrogen-bond acceptors (Lipinski definition) is 2. The van der Waals surface area contributed by atoms with E-state index in [4.69, 9.17) is 4.99 Å². The fourth-order valence-electron chi connectivity index (χ4n) is 2.83. The number of nitrogens with zero attached hydrogens (tertiary/aromatic N) is 3. The van der Waals surface area contributed by atoms with Crippen LogP contribution >= 0.6 is 0 Å². The van der Waals surface area contributed by atoms with E-state index in [2.05, 4.69) is 68.0 Å². The van der Waals surface area contributed by atoms with Gasteiger partial charge in [-0.05, 0) is 43.7 Å². The monoisotopic (exact) mass is 322 g/mol. The van der Waals surface area contributed by atoms with Crippen LogP contribution in [0.15, 0.2) is 23.3 Å². The van der Waals surface area contributed by atoms with Crippen LogP contribution in [0.3, 0.4) is 0 Å². The van der Waals surface area contributed by atoms with Crippen molar-refractivity contribution >= 4 is 5.96 Å². The molecule has 1 aromatic heterocycles. The molecule has 0 aromatic carbocycles. The van der Waals surface area contributed by atoms with Crippen molar-refractivity contribution < 1.29 is 5.11 Å². The molecular weight excluding hydrogens is 288 g/mol. The topological polar surface area (TPSA) is 52.8 Å². The summed E-state index contributed by atoms with van der Waals surface area (Å²) < 4.78 is 2.13. The fourth-order valence-corrected chi connectivity index (χ4v) is 2.83. The minimum Gasteiger partial charge on any atom is -0.396 e. The molecule has 0 saturated heterocycles. The Morgan fingerprint density at radius 3 is 2.52 bits per heavy atom. The summed E-state index contributed by atoms with van der Waals surface area (Å²) in [7, 11) is 4.13. The van der Waals surface area contributed by atoms with Crippen molar-refractivity contribution in [2.24, 2.45) is 17.5 Å². The molecule has 0 radical (unpaired) electrons. The van der Waals surface area contributed by atoms with Crippen molar-refractivity contribution in [3.05, 3.63) is 24.0 Å². The molecule has 0 unspecified atom stereocenters. The van der Waals surface area contributed by atoms with Gasteiger partial charge in [0.1, 0.15) is 0 Å². The normalized spacial score (nSPS) is 12.5. The maximum atomic E-state index is 9.37. The third kappa shape index (κ3) is 5.57. The van der Waals surface area contributed by atoms with Gasteiger partial charge in [0.25, 0.3) is 0 Å². The molecule has 2 N–H and O–H groups in total. The molecule has 5 nitrogen and oxygen atoms in total. The lowest BCUT2D eigenvalue weighted by atomic mass is 9.79. The van der Waals surface area contributed by atoms with Crippen molar-refractivity contribution in [3.63, 3.8) is 0 Å². The van der Waals surface area contributed by atoms with Gasteiger partial charge in [-0.25, -0.2) is 0 Å².